The number of thioether (sulfide) groups is 1. The Kier molecular flexibility index (Phi) is 3.97. The highest BCUT2D eigenvalue weighted by atomic mass is 32.2. The van der Waals surface area contributed by atoms with Crippen molar-refractivity contribution in [2.75, 3.05) is 6.26 Å². The SMILES string of the molecule is CSC1CCC(NC2CCCc3nc(C)sc32)C1. The van der Waals surface area contributed by atoms with Crippen LogP contribution in [-0.2, 0) is 6.42 Å². The van der Waals surface area contributed by atoms with Crippen LogP contribution in [0.4, 0.5) is 0 Å². The molecule has 2 nitrogen and oxygen atoms in total. The Balaban J connectivity index is 1.67. The van der Waals surface area contributed by atoms with Gasteiger partial charge in [0.2, 0.25) is 0 Å². The van der Waals surface area contributed by atoms with Crippen LogP contribution in [0, 0.1) is 6.92 Å². The zero-order chi connectivity index (χ0) is 12.5. The predicted octanol–water partition coefficient (Wildman–Crippen LogP) is 3.70. The third-order valence-corrected chi connectivity index (χ3v) is 6.43. The van der Waals surface area contributed by atoms with Crippen molar-refractivity contribution in [1.29, 1.82) is 0 Å². The first kappa shape index (κ1) is 12.9. The Bertz CT molecular complexity index is 416. The molecule has 3 atom stereocenters. The van der Waals surface area contributed by atoms with Crippen molar-refractivity contribution in [3.8, 4) is 0 Å². The lowest BCUT2D eigenvalue weighted by Crippen LogP contribution is -2.32. The first-order chi connectivity index (χ1) is 8.76. The summed E-state index contributed by atoms with van der Waals surface area (Å²) in [4.78, 5) is 6.22. The highest BCUT2D eigenvalue weighted by Gasteiger charge is 2.29. The molecule has 1 heterocycles. The molecule has 3 unspecified atom stereocenters. The lowest BCUT2D eigenvalue weighted by atomic mass is 9.97. The second-order valence-corrected chi connectivity index (χ2v) is 7.90. The third-order valence-electron chi connectivity index (χ3n) is 4.21. The molecule has 0 radical (unpaired) electrons. The summed E-state index contributed by atoms with van der Waals surface area (Å²) in [5, 5.41) is 6.03. The number of aryl methyl sites for hydroxylation is 2. The number of hydrogen-bond donors (Lipinski definition) is 1. The highest BCUT2D eigenvalue weighted by molar-refractivity contribution is 7.99. The van der Waals surface area contributed by atoms with Gasteiger partial charge in [-0.1, -0.05) is 0 Å². The van der Waals surface area contributed by atoms with E-state index in [1.54, 1.807) is 0 Å². The number of rotatable bonds is 3. The average molecular weight is 282 g/mol. The van der Waals surface area contributed by atoms with E-state index in [2.05, 4.69) is 23.5 Å². The summed E-state index contributed by atoms with van der Waals surface area (Å²) in [7, 11) is 0. The van der Waals surface area contributed by atoms with Gasteiger partial charge in [-0.25, -0.2) is 4.98 Å². The predicted molar refractivity (Wildman–Crippen MR) is 80.6 cm³/mol. The number of aromatic nitrogens is 1. The van der Waals surface area contributed by atoms with Gasteiger partial charge in [-0.05, 0) is 51.7 Å². The molecule has 1 aromatic heterocycles. The van der Waals surface area contributed by atoms with Gasteiger partial charge in [0.1, 0.15) is 0 Å². The van der Waals surface area contributed by atoms with Crippen LogP contribution >= 0.6 is 23.1 Å². The molecule has 100 valence electrons. The fourth-order valence-corrected chi connectivity index (χ4v) is 5.16. The van der Waals surface area contributed by atoms with E-state index >= 15 is 0 Å². The van der Waals surface area contributed by atoms with E-state index in [-0.39, 0.29) is 0 Å². The van der Waals surface area contributed by atoms with Crippen molar-refractivity contribution in [3.63, 3.8) is 0 Å². The summed E-state index contributed by atoms with van der Waals surface area (Å²) in [6, 6.07) is 1.33. The van der Waals surface area contributed by atoms with Gasteiger partial charge in [-0.3, -0.25) is 0 Å². The van der Waals surface area contributed by atoms with E-state index in [4.69, 9.17) is 0 Å². The molecule has 18 heavy (non-hydrogen) atoms. The van der Waals surface area contributed by atoms with E-state index < -0.39 is 0 Å². The quantitative estimate of drug-likeness (QED) is 0.915. The molecule has 0 aliphatic heterocycles. The summed E-state index contributed by atoms with van der Waals surface area (Å²) in [5.74, 6) is 0. The number of thiazole rings is 1. The van der Waals surface area contributed by atoms with E-state index in [0.717, 1.165) is 11.3 Å². The van der Waals surface area contributed by atoms with Crippen LogP contribution in [0.3, 0.4) is 0 Å². The van der Waals surface area contributed by atoms with Crippen LogP contribution in [0.2, 0.25) is 0 Å². The van der Waals surface area contributed by atoms with Crippen molar-refractivity contribution >= 4 is 23.1 Å². The largest absolute Gasteiger partial charge is 0.306 e. The lowest BCUT2D eigenvalue weighted by Gasteiger charge is -2.26. The minimum atomic E-state index is 0.588. The minimum Gasteiger partial charge on any atom is -0.306 e. The topological polar surface area (TPSA) is 24.9 Å². The first-order valence-electron chi connectivity index (χ1n) is 7.01. The summed E-state index contributed by atoms with van der Waals surface area (Å²) < 4.78 is 0. The van der Waals surface area contributed by atoms with Gasteiger partial charge in [-0.15, -0.1) is 11.3 Å². The molecule has 2 aliphatic carbocycles. The van der Waals surface area contributed by atoms with Crippen molar-refractivity contribution in [3.05, 3.63) is 15.6 Å². The van der Waals surface area contributed by atoms with E-state index in [0.29, 0.717) is 6.04 Å². The van der Waals surface area contributed by atoms with Crippen LogP contribution in [0.25, 0.3) is 0 Å². The molecule has 0 bridgehead atoms. The number of fused-ring (bicyclic) bond motifs is 1. The summed E-state index contributed by atoms with van der Waals surface area (Å²) in [6.07, 6.45) is 10.1. The van der Waals surface area contributed by atoms with Gasteiger partial charge in [0.15, 0.2) is 0 Å². The molecule has 1 fully saturated rings. The molecule has 1 aromatic rings. The molecular formula is C14H22N2S2. The van der Waals surface area contributed by atoms with Gasteiger partial charge >= 0.3 is 0 Å². The van der Waals surface area contributed by atoms with Crippen molar-refractivity contribution < 1.29 is 0 Å². The molecule has 1 saturated carbocycles. The standard InChI is InChI=1S/C14H22N2S2/c1-9-15-12-4-3-5-13(14(12)18-9)16-10-6-7-11(8-10)17-2/h10-11,13,16H,3-8H2,1-2H3. The Hall–Kier alpha value is -0.0600. The molecule has 2 aliphatic rings. The zero-order valence-corrected chi connectivity index (χ0v) is 12.9. The highest BCUT2D eigenvalue weighted by Crippen LogP contribution is 2.36. The van der Waals surface area contributed by atoms with Gasteiger partial charge in [0.25, 0.3) is 0 Å². The van der Waals surface area contributed by atoms with E-state index in [9.17, 15) is 0 Å². The maximum Gasteiger partial charge on any atom is 0.0900 e. The molecule has 3 rings (SSSR count). The summed E-state index contributed by atoms with van der Waals surface area (Å²) in [5.41, 5.74) is 1.38. The molecule has 0 saturated heterocycles. The lowest BCUT2D eigenvalue weighted by molar-refractivity contribution is 0.401. The van der Waals surface area contributed by atoms with Gasteiger partial charge in [-0.2, -0.15) is 11.8 Å². The Morgan fingerprint density at radius 2 is 2.22 bits per heavy atom. The van der Waals surface area contributed by atoms with Gasteiger partial charge in [0.05, 0.1) is 10.7 Å². The number of nitrogens with zero attached hydrogens (tertiary/aromatic N) is 1. The van der Waals surface area contributed by atoms with Crippen molar-refractivity contribution in [1.82, 2.24) is 10.3 Å². The molecular weight excluding hydrogens is 260 g/mol. The minimum absolute atomic E-state index is 0.588. The number of nitrogens with one attached hydrogen (secondary N) is 1. The van der Waals surface area contributed by atoms with Crippen LogP contribution in [0.15, 0.2) is 0 Å². The van der Waals surface area contributed by atoms with Gasteiger partial charge in [0, 0.05) is 22.2 Å². The average Bonchev–Trinajstić information content (AvgIpc) is 2.95. The fraction of sp³-hybridized carbons (Fsp3) is 0.786. The second kappa shape index (κ2) is 5.51. The summed E-state index contributed by atoms with van der Waals surface area (Å²) >= 11 is 3.95. The third kappa shape index (κ3) is 2.61. The zero-order valence-electron chi connectivity index (χ0n) is 11.2. The van der Waals surface area contributed by atoms with Crippen LogP contribution < -0.4 is 5.32 Å². The molecule has 4 heteroatoms. The van der Waals surface area contributed by atoms with E-state index in [1.165, 1.54) is 54.1 Å². The van der Waals surface area contributed by atoms with Crippen molar-refractivity contribution in [2.45, 2.75) is 62.8 Å². The fourth-order valence-electron chi connectivity index (χ4n) is 3.29. The number of hydrogen-bond acceptors (Lipinski definition) is 4. The Morgan fingerprint density at radius 1 is 1.33 bits per heavy atom. The Morgan fingerprint density at radius 3 is 3.00 bits per heavy atom. The molecule has 0 aromatic carbocycles. The van der Waals surface area contributed by atoms with Crippen LogP contribution in [0.5, 0.6) is 0 Å². The maximum absolute atomic E-state index is 4.68. The van der Waals surface area contributed by atoms with Crippen LogP contribution in [-0.4, -0.2) is 22.5 Å². The normalized spacial score (nSPS) is 31.6. The molecule has 1 N–H and O–H groups in total. The molecule has 0 amide bonds. The Labute approximate surface area is 118 Å². The van der Waals surface area contributed by atoms with Gasteiger partial charge < -0.3 is 5.32 Å². The maximum atomic E-state index is 4.68. The smallest absolute Gasteiger partial charge is 0.0900 e. The monoisotopic (exact) mass is 282 g/mol. The first-order valence-corrected chi connectivity index (χ1v) is 9.11. The van der Waals surface area contributed by atoms with Crippen LogP contribution in [0.1, 0.15) is 53.7 Å². The van der Waals surface area contributed by atoms with E-state index in [1.807, 2.05) is 23.1 Å². The second-order valence-electron chi connectivity index (χ2n) is 5.52. The molecule has 0 spiro atoms. The van der Waals surface area contributed by atoms with Crippen molar-refractivity contribution in [2.24, 2.45) is 0 Å². The summed E-state index contributed by atoms with van der Waals surface area (Å²) in [6.45, 7) is 2.14.